The average molecular weight is 203 g/mol. The van der Waals surface area contributed by atoms with Crippen LogP contribution in [0.4, 0.5) is 0 Å². The van der Waals surface area contributed by atoms with Gasteiger partial charge in [-0.2, -0.15) is 0 Å². The van der Waals surface area contributed by atoms with Crippen LogP contribution in [0.5, 0.6) is 0 Å². The molecule has 0 radical (unpaired) electrons. The van der Waals surface area contributed by atoms with Crippen LogP contribution in [-0.2, 0) is 9.59 Å². The standard InChI is InChI=1S/C9H17NO4/c1-5(2)6(3)8(12)10-7(4-11)9(13)14/h5-7,11H,4H2,1-3H3,(H,10,12)(H,13,14)/t6?,7-/m0/s1. The van der Waals surface area contributed by atoms with Gasteiger partial charge in [-0.3, -0.25) is 4.79 Å². The van der Waals surface area contributed by atoms with Crippen LogP contribution >= 0.6 is 0 Å². The van der Waals surface area contributed by atoms with Gasteiger partial charge < -0.3 is 15.5 Å². The molecule has 0 aliphatic carbocycles. The van der Waals surface area contributed by atoms with Gasteiger partial charge in [-0.1, -0.05) is 20.8 Å². The summed E-state index contributed by atoms with van der Waals surface area (Å²) in [6.45, 7) is 4.88. The number of rotatable bonds is 5. The zero-order valence-corrected chi connectivity index (χ0v) is 8.65. The van der Waals surface area contributed by atoms with Crippen LogP contribution in [0, 0.1) is 11.8 Å². The smallest absolute Gasteiger partial charge is 0.328 e. The number of nitrogens with one attached hydrogen (secondary N) is 1. The van der Waals surface area contributed by atoms with E-state index in [0.717, 1.165) is 0 Å². The third-order valence-corrected chi connectivity index (χ3v) is 2.21. The highest BCUT2D eigenvalue weighted by molar-refractivity contribution is 5.84. The maximum atomic E-state index is 11.4. The molecule has 0 aromatic rings. The summed E-state index contributed by atoms with van der Waals surface area (Å²) < 4.78 is 0. The average Bonchev–Trinajstić information content (AvgIpc) is 2.11. The van der Waals surface area contributed by atoms with Gasteiger partial charge in [0.2, 0.25) is 5.91 Å². The normalized spacial score (nSPS) is 14.9. The molecule has 0 fully saturated rings. The Bertz CT molecular complexity index is 215. The number of hydrogen-bond acceptors (Lipinski definition) is 3. The highest BCUT2D eigenvalue weighted by atomic mass is 16.4. The predicted molar refractivity (Wildman–Crippen MR) is 50.7 cm³/mol. The highest BCUT2D eigenvalue weighted by Crippen LogP contribution is 2.09. The van der Waals surface area contributed by atoms with E-state index in [9.17, 15) is 9.59 Å². The molecular formula is C9H17NO4. The van der Waals surface area contributed by atoms with Gasteiger partial charge in [0.1, 0.15) is 6.04 Å². The molecule has 0 saturated carbocycles. The maximum Gasteiger partial charge on any atom is 0.328 e. The van der Waals surface area contributed by atoms with Crippen molar-refractivity contribution in [3.63, 3.8) is 0 Å². The second-order valence-corrected chi connectivity index (χ2v) is 3.61. The number of amides is 1. The van der Waals surface area contributed by atoms with Gasteiger partial charge in [0.25, 0.3) is 0 Å². The number of carboxylic acid groups (broad SMARTS) is 1. The summed E-state index contributed by atoms with van der Waals surface area (Å²) in [5, 5.41) is 19.5. The minimum absolute atomic E-state index is 0.142. The number of aliphatic hydroxyl groups excluding tert-OH is 1. The van der Waals surface area contributed by atoms with Gasteiger partial charge in [-0.05, 0) is 5.92 Å². The molecular weight excluding hydrogens is 186 g/mol. The third-order valence-electron chi connectivity index (χ3n) is 2.21. The van der Waals surface area contributed by atoms with Crippen molar-refractivity contribution in [3.05, 3.63) is 0 Å². The minimum Gasteiger partial charge on any atom is -0.480 e. The van der Waals surface area contributed by atoms with E-state index in [4.69, 9.17) is 10.2 Å². The Balaban J connectivity index is 4.22. The topological polar surface area (TPSA) is 86.6 Å². The van der Waals surface area contributed by atoms with Crippen LogP contribution in [0.2, 0.25) is 0 Å². The molecule has 2 atom stereocenters. The number of carbonyl (C=O) groups is 2. The van der Waals surface area contributed by atoms with Crippen molar-refractivity contribution in [2.75, 3.05) is 6.61 Å². The van der Waals surface area contributed by atoms with E-state index >= 15 is 0 Å². The van der Waals surface area contributed by atoms with Crippen molar-refractivity contribution in [3.8, 4) is 0 Å². The van der Waals surface area contributed by atoms with Crippen molar-refractivity contribution >= 4 is 11.9 Å². The molecule has 0 spiro atoms. The van der Waals surface area contributed by atoms with Crippen LogP contribution in [0.15, 0.2) is 0 Å². The molecule has 5 nitrogen and oxygen atoms in total. The van der Waals surface area contributed by atoms with Crippen LogP contribution < -0.4 is 5.32 Å². The van der Waals surface area contributed by atoms with E-state index < -0.39 is 18.6 Å². The summed E-state index contributed by atoms with van der Waals surface area (Å²) in [4.78, 5) is 21.9. The van der Waals surface area contributed by atoms with Crippen LogP contribution in [0.3, 0.4) is 0 Å². The molecule has 3 N–H and O–H groups in total. The lowest BCUT2D eigenvalue weighted by molar-refractivity contribution is -0.143. The van der Waals surface area contributed by atoms with E-state index in [1.165, 1.54) is 0 Å². The van der Waals surface area contributed by atoms with E-state index in [-0.39, 0.29) is 17.7 Å². The Hall–Kier alpha value is -1.10. The van der Waals surface area contributed by atoms with Crippen molar-refractivity contribution in [2.45, 2.75) is 26.8 Å². The van der Waals surface area contributed by atoms with Gasteiger partial charge in [0.15, 0.2) is 0 Å². The fourth-order valence-electron chi connectivity index (χ4n) is 0.791. The van der Waals surface area contributed by atoms with Crippen LogP contribution in [-0.4, -0.2) is 34.7 Å². The molecule has 0 heterocycles. The van der Waals surface area contributed by atoms with Gasteiger partial charge in [0, 0.05) is 5.92 Å². The summed E-state index contributed by atoms with van der Waals surface area (Å²) in [6, 6.07) is -1.20. The summed E-state index contributed by atoms with van der Waals surface area (Å²) in [5.74, 6) is -1.69. The quantitative estimate of drug-likeness (QED) is 0.579. The number of hydrogen-bond donors (Lipinski definition) is 3. The SMILES string of the molecule is CC(C)C(C)C(=O)N[C@@H](CO)C(=O)O. The number of carboxylic acids is 1. The van der Waals surface area contributed by atoms with E-state index in [2.05, 4.69) is 5.32 Å². The lowest BCUT2D eigenvalue weighted by atomic mass is 9.97. The van der Waals surface area contributed by atoms with Gasteiger partial charge in [-0.25, -0.2) is 4.79 Å². The molecule has 14 heavy (non-hydrogen) atoms. The van der Waals surface area contributed by atoms with Gasteiger partial charge in [0.05, 0.1) is 6.61 Å². The van der Waals surface area contributed by atoms with Crippen LogP contribution in [0.1, 0.15) is 20.8 Å². The van der Waals surface area contributed by atoms with E-state index in [1.807, 2.05) is 13.8 Å². The van der Waals surface area contributed by atoms with Crippen molar-refractivity contribution in [1.82, 2.24) is 5.32 Å². The molecule has 0 saturated heterocycles. The molecule has 1 unspecified atom stereocenters. The van der Waals surface area contributed by atoms with Gasteiger partial charge >= 0.3 is 5.97 Å². The van der Waals surface area contributed by atoms with Crippen molar-refractivity contribution in [1.29, 1.82) is 0 Å². The second-order valence-electron chi connectivity index (χ2n) is 3.61. The van der Waals surface area contributed by atoms with E-state index in [0.29, 0.717) is 0 Å². The fourth-order valence-corrected chi connectivity index (χ4v) is 0.791. The monoisotopic (exact) mass is 203 g/mol. The van der Waals surface area contributed by atoms with Crippen molar-refractivity contribution < 1.29 is 19.8 Å². The zero-order valence-electron chi connectivity index (χ0n) is 8.65. The molecule has 5 heteroatoms. The molecule has 0 aromatic carbocycles. The Kier molecular flexibility index (Phi) is 5.15. The first-order valence-electron chi connectivity index (χ1n) is 4.54. The summed E-state index contributed by atoms with van der Waals surface area (Å²) in [7, 11) is 0. The first-order chi connectivity index (χ1) is 6.40. The van der Waals surface area contributed by atoms with Crippen molar-refractivity contribution in [2.24, 2.45) is 11.8 Å². The lowest BCUT2D eigenvalue weighted by Crippen LogP contribution is -2.46. The number of aliphatic hydroxyl groups is 1. The third kappa shape index (κ3) is 3.74. The molecule has 1 amide bonds. The Morgan fingerprint density at radius 1 is 1.29 bits per heavy atom. The largest absolute Gasteiger partial charge is 0.480 e. The minimum atomic E-state index is -1.23. The molecule has 0 aliphatic heterocycles. The maximum absolute atomic E-state index is 11.4. The Morgan fingerprint density at radius 3 is 2.07 bits per heavy atom. The number of aliphatic carboxylic acids is 1. The molecule has 0 rings (SSSR count). The lowest BCUT2D eigenvalue weighted by Gasteiger charge is -2.18. The highest BCUT2D eigenvalue weighted by Gasteiger charge is 2.23. The van der Waals surface area contributed by atoms with Gasteiger partial charge in [-0.15, -0.1) is 0 Å². The molecule has 0 aliphatic rings. The summed E-state index contributed by atoms with van der Waals surface area (Å²) in [5.41, 5.74) is 0. The first-order valence-corrected chi connectivity index (χ1v) is 4.54. The molecule has 0 aromatic heterocycles. The summed E-state index contributed by atoms with van der Waals surface area (Å²) in [6.07, 6.45) is 0. The second kappa shape index (κ2) is 5.59. The Labute approximate surface area is 83.1 Å². The van der Waals surface area contributed by atoms with Crippen LogP contribution in [0.25, 0.3) is 0 Å². The fraction of sp³-hybridized carbons (Fsp3) is 0.778. The first kappa shape index (κ1) is 12.9. The molecule has 82 valence electrons. The molecule has 0 bridgehead atoms. The Morgan fingerprint density at radius 2 is 1.79 bits per heavy atom. The zero-order chi connectivity index (χ0) is 11.3. The predicted octanol–water partition coefficient (Wildman–Crippen LogP) is -0.160. The summed E-state index contributed by atoms with van der Waals surface area (Å²) >= 11 is 0. The van der Waals surface area contributed by atoms with E-state index in [1.54, 1.807) is 6.92 Å². The number of carbonyl (C=O) groups excluding carboxylic acids is 1.